The summed E-state index contributed by atoms with van der Waals surface area (Å²) >= 11 is 1.23. The summed E-state index contributed by atoms with van der Waals surface area (Å²) in [5.41, 5.74) is 0.717. The highest BCUT2D eigenvalue weighted by atomic mass is 32.1. The van der Waals surface area contributed by atoms with E-state index >= 15 is 0 Å². The number of ether oxygens (including phenoxy) is 1. The van der Waals surface area contributed by atoms with Crippen molar-refractivity contribution in [2.24, 2.45) is 0 Å². The second-order valence-corrected chi connectivity index (χ2v) is 6.96. The van der Waals surface area contributed by atoms with Crippen molar-refractivity contribution in [3.05, 3.63) is 16.0 Å². The first-order valence-electron chi connectivity index (χ1n) is 8.75. The molecule has 0 spiro atoms. The minimum absolute atomic E-state index is 0.0589. The smallest absolute Gasteiger partial charge is 0.397 e. The summed E-state index contributed by atoms with van der Waals surface area (Å²) in [6.07, 6.45) is 7.70. The molecule has 0 aliphatic rings. The van der Waals surface area contributed by atoms with Gasteiger partial charge in [0.05, 0.1) is 12.2 Å². The van der Waals surface area contributed by atoms with Crippen LogP contribution in [0.5, 0.6) is 0 Å². The number of carboxylic acid groups (broad SMARTS) is 1. The fraction of sp³-hybridized carbons (Fsp3) is 0.611. The molecule has 0 unspecified atom stereocenters. The zero-order valence-corrected chi connectivity index (χ0v) is 16.0. The molecule has 0 radical (unpaired) electrons. The van der Waals surface area contributed by atoms with Gasteiger partial charge in [-0.25, -0.2) is 9.59 Å². The first-order chi connectivity index (χ1) is 11.9. The van der Waals surface area contributed by atoms with Gasteiger partial charge in [-0.2, -0.15) is 0 Å². The lowest BCUT2D eigenvalue weighted by molar-refractivity contribution is -0.152. The number of anilines is 1. The zero-order valence-electron chi connectivity index (χ0n) is 15.1. The van der Waals surface area contributed by atoms with E-state index in [-0.39, 0.29) is 17.2 Å². The Morgan fingerprint density at radius 1 is 1.08 bits per heavy atom. The van der Waals surface area contributed by atoms with Gasteiger partial charge in [-0.3, -0.25) is 4.79 Å². The van der Waals surface area contributed by atoms with Gasteiger partial charge >= 0.3 is 17.8 Å². The molecule has 0 aromatic carbocycles. The summed E-state index contributed by atoms with van der Waals surface area (Å²) in [5, 5.41) is 12.0. The average molecular weight is 369 g/mol. The number of aryl methyl sites for hydroxylation is 1. The van der Waals surface area contributed by atoms with Gasteiger partial charge in [0.25, 0.3) is 0 Å². The molecule has 0 atom stereocenters. The van der Waals surface area contributed by atoms with E-state index in [1.165, 1.54) is 37.0 Å². The Morgan fingerprint density at radius 3 is 2.32 bits per heavy atom. The van der Waals surface area contributed by atoms with Crippen LogP contribution in [0.3, 0.4) is 0 Å². The summed E-state index contributed by atoms with van der Waals surface area (Å²) in [6.45, 7) is 5.60. The number of esters is 1. The highest BCUT2D eigenvalue weighted by Gasteiger charge is 2.24. The van der Waals surface area contributed by atoms with Crippen molar-refractivity contribution in [3.63, 3.8) is 0 Å². The number of aromatic carboxylic acids is 1. The Kier molecular flexibility index (Phi) is 9.20. The zero-order chi connectivity index (χ0) is 18.8. The molecule has 0 fully saturated rings. The van der Waals surface area contributed by atoms with Crippen LogP contribution in [0.1, 0.15) is 73.2 Å². The second-order valence-electron chi connectivity index (χ2n) is 5.85. The number of amides is 1. The van der Waals surface area contributed by atoms with Crippen LogP contribution in [0.15, 0.2) is 0 Å². The number of hydrogen-bond donors (Lipinski definition) is 2. The van der Waals surface area contributed by atoms with Gasteiger partial charge in [0.1, 0.15) is 5.00 Å². The molecule has 140 valence electrons. The third kappa shape index (κ3) is 6.49. The van der Waals surface area contributed by atoms with Gasteiger partial charge in [0.2, 0.25) is 0 Å². The standard InChI is InChI=1S/C18H27NO5S/c1-4-6-7-8-9-10-11-13-12(3)14(17(21)22)16(25-13)19-15(20)18(23)24-5-2/h4-11H2,1-3H3,(H,19,20)(H,21,22). The largest absolute Gasteiger partial charge is 0.478 e. The molecule has 0 saturated heterocycles. The van der Waals surface area contributed by atoms with Gasteiger partial charge in [-0.15, -0.1) is 11.3 Å². The van der Waals surface area contributed by atoms with E-state index in [4.69, 9.17) is 0 Å². The van der Waals surface area contributed by atoms with Gasteiger partial charge < -0.3 is 15.2 Å². The van der Waals surface area contributed by atoms with Crippen LogP contribution in [-0.2, 0) is 20.7 Å². The maximum atomic E-state index is 11.8. The molecule has 0 aliphatic carbocycles. The quantitative estimate of drug-likeness (QED) is 0.367. The second kappa shape index (κ2) is 10.9. The minimum Gasteiger partial charge on any atom is -0.478 e. The molecule has 0 saturated carbocycles. The summed E-state index contributed by atoms with van der Waals surface area (Å²) in [4.78, 5) is 35.7. The first kappa shape index (κ1) is 21.2. The molecule has 1 aromatic rings. The van der Waals surface area contributed by atoms with E-state index in [0.29, 0.717) is 5.56 Å². The molecule has 25 heavy (non-hydrogen) atoms. The van der Waals surface area contributed by atoms with Crippen molar-refractivity contribution < 1.29 is 24.2 Å². The molecule has 0 aliphatic heterocycles. The SMILES string of the molecule is CCCCCCCCc1sc(NC(=O)C(=O)OCC)c(C(=O)O)c1C. The van der Waals surface area contributed by atoms with Crippen LogP contribution in [0, 0.1) is 6.92 Å². The molecule has 6 nitrogen and oxygen atoms in total. The Balaban J connectivity index is 2.76. The maximum absolute atomic E-state index is 11.8. The van der Waals surface area contributed by atoms with Crippen molar-refractivity contribution in [1.82, 2.24) is 0 Å². The minimum atomic E-state index is -1.11. The topological polar surface area (TPSA) is 92.7 Å². The number of carbonyl (C=O) groups excluding carboxylic acids is 2. The lowest BCUT2D eigenvalue weighted by Crippen LogP contribution is -2.25. The van der Waals surface area contributed by atoms with Gasteiger partial charge in [-0.05, 0) is 32.3 Å². The molecule has 1 heterocycles. The third-order valence-electron chi connectivity index (χ3n) is 3.90. The van der Waals surface area contributed by atoms with Gasteiger partial charge in [0.15, 0.2) is 0 Å². The predicted molar refractivity (Wildman–Crippen MR) is 98.4 cm³/mol. The number of hydrogen-bond acceptors (Lipinski definition) is 5. The number of rotatable bonds is 10. The Bertz CT molecular complexity index is 609. The highest BCUT2D eigenvalue weighted by Crippen LogP contribution is 2.34. The van der Waals surface area contributed by atoms with Crippen LogP contribution in [-0.4, -0.2) is 29.6 Å². The number of nitrogens with one attached hydrogen (secondary N) is 1. The van der Waals surface area contributed by atoms with Crippen LogP contribution in [0.4, 0.5) is 5.00 Å². The number of unbranched alkanes of at least 4 members (excludes halogenated alkanes) is 5. The van der Waals surface area contributed by atoms with Gasteiger partial charge in [-0.1, -0.05) is 39.0 Å². The van der Waals surface area contributed by atoms with Crippen molar-refractivity contribution in [2.45, 2.75) is 65.7 Å². The van der Waals surface area contributed by atoms with E-state index in [1.807, 2.05) is 0 Å². The Morgan fingerprint density at radius 2 is 1.72 bits per heavy atom. The summed E-state index contributed by atoms with van der Waals surface area (Å²) in [7, 11) is 0. The third-order valence-corrected chi connectivity index (χ3v) is 5.17. The lowest BCUT2D eigenvalue weighted by atomic mass is 10.1. The maximum Gasteiger partial charge on any atom is 0.397 e. The molecule has 7 heteroatoms. The van der Waals surface area contributed by atoms with E-state index in [9.17, 15) is 19.5 Å². The Hall–Kier alpha value is -1.89. The van der Waals surface area contributed by atoms with Crippen LogP contribution in [0.25, 0.3) is 0 Å². The monoisotopic (exact) mass is 369 g/mol. The van der Waals surface area contributed by atoms with Crippen LogP contribution >= 0.6 is 11.3 Å². The predicted octanol–water partition coefficient (Wildman–Crippen LogP) is 4.16. The molecule has 1 rings (SSSR count). The van der Waals surface area contributed by atoms with Crippen LogP contribution in [0.2, 0.25) is 0 Å². The Labute approximate surface area is 152 Å². The normalized spacial score (nSPS) is 10.5. The molecular weight excluding hydrogens is 342 g/mol. The number of thiophene rings is 1. The van der Waals surface area contributed by atoms with Crippen molar-refractivity contribution >= 4 is 34.2 Å². The van der Waals surface area contributed by atoms with Gasteiger partial charge in [0, 0.05) is 4.88 Å². The van der Waals surface area contributed by atoms with Crippen molar-refractivity contribution in [2.75, 3.05) is 11.9 Å². The van der Waals surface area contributed by atoms with E-state index in [2.05, 4.69) is 17.0 Å². The molecule has 1 aromatic heterocycles. The summed E-state index contributed by atoms with van der Waals surface area (Å²) in [6, 6.07) is 0. The van der Waals surface area contributed by atoms with E-state index in [1.54, 1.807) is 13.8 Å². The molecular formula is C18H27NO5S. The van der Waals surface area contributed by atoms with Crippen LogP contribution < -0.4 is 5.32 Å². The first-order valence-corrected chi connectivity index (χ1v) is 9.57. The fourth-order valence-corrected chi connectivity index (χ4v) is 3.80. The molecule has 2 N–H and O–H groups in total. The van der Waals surface area contributed by atoms with Crippen molar-refractivity contribution in [1.29, 1.82) is 0 Å². The summed E-state index contributed by atoms with van der Waals surface area (Å²) in [5.74, 6) is -3.07. The molecule has 1 amide bonds. The van der Waals surface area contributed by atoms with Crippen molar-refractivity contribution in [3.8, 4) is 0 Å². The lowest BCUT2D eigenvalue weighted by Gasteiger charge is -2.03. The molecule has 0 bridgehead atoms. The average Bonchev–Trinajstić information content (AvgIpc) is 2.86. The summed E-state index contributed by atoms with van der Waals surface area (Å²) < 4.78 is 4.63. The number of carbonyl (C=O) groups is 3. The highest BCUT2D eigenvalue weighted by molar-refractivity contribution is 7.17. The number of carboxylic acids is 1. The van der Waals surface area contributed by atoms with E-state index in [0.717, 1.165) is 24.1 Å². The van der Waals surface area contributed by atoms with E-state index < -0.39 is 17.8 Å². The fourth-order valence-electron chi connectivity index (χ4n) is 2.56.